The van der Waals surface area contributed by atoms with E-state index in [9.17, 15) is 8.42 Å². The molecule has 2 rings (SSSR count). The zero-order chi connectivity index (χ0) is 11.1. The zero-order valence-electron chi connectivity index (χ0n) is 9.10. The first-order chi connectivity index (χ1) is 6.99. The van der Waals surface area contributed by atoms with E-state index < -0.39 is 9.84 Å². The Bertz CT molecular complexity index is 460. The van der Waals surface area contributed by atoms with Crippen LogP contribution in [0.1, 0.15) is 30.9 Å². The average molecular weight is 224 g/mol. The molecule has 0 saturated carbocycles. The summed E-state index contributed by atoms with van der Waals surface area (Å²) in [5.74, 6) is 1.06. The van der Waals surface area contributed by atoms with Crippen molar-refractivity contribution in [2.45, 2.75) is 25.5 Å². The SMILES string of the molecule is CC(C)[C@@H]1CS(=O)(=O)Cc2ccccc21. The van der Waals surface area contributed by atoms with Gasteiger partial charge in [-0.2, -0.15) is 0 Å². The lowest BCUT2D eigenvalue weighted by Gasteiger charge is -2.28. The van der Waals surface area contributed by atoms with E-state index in [2.05, 4.69) is 19.9 Å². The van der Waals surface area contributed by atoms with Gasteiger partial charge in [0.1, 0.15) is 0 Å². The molecule has 0 bridgehead atoms. The molecule has 1 heterocycles. The van der Waals surface area contributed by atoms with Crippen molar-refractivity contribution < 1.29 is 8.42 Å². The van der Waals surface area contributed by atoms with Crippen LogP contribution in [0.5, 0.6) is 0 Å². The van der Waals surface area contributed by atoms with Crippen molar-refractivity contribution in [2.75, 3.05) is 5.75 Å². The van der Waals surface area contributed by atoms with Gasteiger partial charge in [0.05, 0.1) is 11.5 Å². The summed E-state index contributed by atoms with van der Waals surface area (Å²) >= 11 is 0. The van der Waals surface area contributed by atoms with Crippen molar-refractivity contribution >= 4 is 9.84 Å². The first-order valence-electron chi connectivity index (χ1n) is 5.28. The van der Waals surface area contributed by atoms with Gasteiger partial charge in [-0.15, -0.1) is 0 Å². The summed E-state index contributed by atoms with van der Waals surface area (Å²) in [5.41, 5.74) is 2.21. The summed E-state index contributed by atoms with van der Waals surface area (Å²) in [5, 5.41) is 0. The number of benzene rings is 1. The van der Waals surface area contributed by atoms with E-state index in [1.54, 1.807) is 0 Å². The third kappa shape index (κ3) is 2.07. The molecule has 15 heavy (non-hydrogen) atoms. The van der Waals surface area contributed by atoms with Gasteiger partial charge in [0, 0.05) is 5.92 Å². The smallest absolute Gasteiger partial charge is 0.155 e. The Morgan fingerprint density at radius 3 is 2.60 bits per heavy atom. The standard InChI is InChI=1S/C12H16O2S/c1-9(2)12-8-15(13,14)7-10-5-3-4-6-11(10)12/h3-6,9,12H,7-8H2,1-2H3/t12-/m0/s1. The molecule has 0 fully saturated rings. The minimum atomic E-state index is -2.89. The minimum Gasteiger partial charge on any atom is -0.228 e. The van der Waals surface area contributed by atoms with E-state index in [0.717, 1.165) is 5.56 Å². The third-order valence-electron chi connectivity index (χ3n) is 3.07. The van der Waals surface area contributed by atoms with Crippen LogP contribution in [0.15, 0.2) is 24.3 Å². The summed E-state index contributed by atoms with van der Waals surface area (Å²) in [6, 6.07) is 7.90. The molecule has 0 radical (unpaired) electrons. The van der Waals surface area contributed by atoms with Gasteiger partial charge in [-0.1, -0.05) is 38.1 Å². The molecule has 3 heteroatoms. The van der Waals surface area contributed by atoms with E-state index in [1.165, 1.54) is 5.56 Å². The molecular formula is C12H16O2S. The van der Waals surface area contributed by atoms with Crippen molar-refractivity contribution in [1.82, 2.24) is 0 Å². The van der Waals surface area contributed by atoms with Crippen LogP contribution in [0.2, 0.25) is 0 Å². The number of hydrogen-bond donors (Lipinski definition) is 0. The molecule has 1 aliphatic heterocycles. The molecule has 0 aliphatic carbocycles. The van der Waals surface area contributed by atoms with Gasteiger partial charge in [0.2, 0.25) is 0 Å². The fourth-order valence-electron chi connectivity index (χ4n) is 2.24. The molecule has 0 N–H and O–H groups in total. The lowest BCUT2D eigenvalue weighted by Crippen LogP contribution is -2.26. The monoisotopic (exact) mass is 224 g/mol. The fourth-order valence-corrected chi connectivity index (χ4v) is 4.20. The van der Waals surface area contributed by atoms with Gasteiger partial charge in [-0.05, 0) is 17.0 Å². The lowest BCUT2D eigenvalue weighted by molar-refractivity contribution is 0.510. The number of sulfone groups is 1. The summed E-state index contributed by atoms with van der Waals surface area (Å²) < 4.78 is 23.5. The van der Waals surface area contributed by atoms with Crippen LogP contribution in [-0.2, 0) is 15.6 Å². The van der Waals surface area contributed by atoms with Crippen LogP contribution < -0.4 is 0 Å². The molecule has 1 atom stereocenters. The van der Waals surface area contributed by atoms with E-state index in [4.69, 9.17) is 0 Å². The van der Waals surface area contributed by atoms with E-state index in [1.807, 2.05) is 18.2 Å². The molecule has 82 valence electrons. The van der Waals surface area contributed by atoms with E-state index in [0.29, 0.717) is 11.7 Å². The highest BCUT2D eigenvalue weighted by atomic mass is 32.2. The molecule has 0 unspecified atom stereocenters. The topological polar surface area (TPSA) is 34.1 Å². The van der Waals surface area contributed by atoms with Crippen molar-refractivity contribution in [2.24, 2.45) is 5.92 Å². The van der Waals surface area contributed by atoms with Gasteiger partial charge in [0.15, 0.2) is 9.84 Å². The Hall–Kier alpha value is -0.830. The largest absolute Gasteiger partial charge is 0.228 e. The van der Waals surface area contributed by atoms with Gasteiger partial charge in [-0.3, -0.25) is 0 Å². The molecule has 0 amide bonds. The summed E-state index contributed by atoms with van der Waals surface area (Å²) in [4.78, 5) is 0. The number of hydrogen-bond acceptors (Lipinski definition) is 2. The highest BCUT2D eigenvalue weighted by molar-refractivity contribution is 7.90. The van der Waals surface area contributed by atoms with Crippen molar-refractivity contribution in [3.8, 4) is 0 Å². The van der Waals surface area contributed by atoms with Crippen LogP contribution in [0.4, 0.5) is 0 Å². The van der Waals surface area contributed by atoms with Crippen molar-refractivity contribution in [1.29, 1.82) is 0 Å². The second-order valence-corrected chi connectivity index (χ2v) is 6.71. The minimum absolute atomic E-state index is 0.167. The third-order valence-corrected chi connectivity index (χ3v) is 4.69. The maximum Gasteiger partial charge on any atom is 0.155 e. The predicted molar refractivity (Wildman–Crippen MR) is 61.5 cm³/mol. The highest BCUT2D eigenvalue weighted by Gasteiger charge is 2.30. The Labute approximate surface area is 91.2 Å². The van der Waals surface area contributed by atoms with E-state index in [-0.39, 0.29) is 11.7 Å². The predicted octanol–water partition coefficient (Wildman–Crippen LogP) is 2.35. The van der Waals surface area contributed by atoms with Crippen LogP contribution in [0.25, 0.3) is 0 Å². The van der Waals surface area contributed by atoms with Crippen molar-refractivity contribution in [3.63, 3.8) is 0 Å². The summed E-state index contributed by atoms with van der Waals surface area (Å²) in [6.07, 6.45) is 0. The fraction of sp³-hybridized carbons (Fsp3) is 0.500. The Balaban J connectivity index is 2.52. The molecule has 1 aliphatic rings. The maximum atomic E-state index is 11.7. The first kappa shape index (κ1) is 10.7. The number of rotatable bonds is 1. The molecule has 2 nitrogen and oxygen atoms in total. The second kappa shape index (κ2) is 3.63. The molecule has 1 aromatic rings. The first-order valence-corrected chi connectivity index (χ1v) is 7.10. The quantitative estimate of drug-likeness (QED) is 0.734. The molecular weight excluding hydrogens is 208 g/mol. The Kier molecular flexibility index (Phi) is 2.59. The Morgan fingerprint density at radius 1 is 1.27 bits per heavy atom. The Morgan fingerprint density at radius 2 is 1.93 bits per heavy atom. The van der Waals surface area contributed by atoms with Crippen LogP contribution in [0.3, 0.4) is 0 Å². The average Bonchev–Trinajstić information content (AvgIpc) is 2.14. The van der Waals surface area contributed by atoms with Crippen molar-refractivity contribution in [3.05, 3.63) is 35.4 Å². The molecule has 0 spiro atoms. The summed E-state index contributed by atoms with van der Waals surface area (Å²) in [6.45, 7) is 4.17. The normalized spacial score (nSPS) is 23.8. The lowest BCUT2D eigenvalue weighted by atomic mass is 9.87. The van der Waals surface area contributed by atoms with Gasteiger partial charge < -0.3 is 0 Å². The molecule has 0 aromatic heterocycles. The van der Waals surface area contributed by atoms with E-state index >= 15 is 0 Å². The van der Waals surface area contributed by atoms with Crippen LogP contribution in [0, 0.1) is 5.92 Å². The molecule has 1 aromatic carbocycles. The second-order valence-electron chi connectivity index (χ2n) is 4.60. The van der Waals surface area contributed by atoms with Crippen LogP contribution >= 0.6 is 0 Å². The zero-order valence-corrected chi connectivity index (χ0v) is 9.92. The maximum absolute atomic E-state index is 11.7. The number of fused-ring (bicyclic) bond motifs is 1. The highest BCUT2D eigenvalue weighted by Crippen LogP contribution is 2.34. The van der Waals surface area contributed by atoms with Gasteiger partial charge in [0.25, 0.3) is 0 Å². The van der Waals surface area contributed by atoms with Gasteiger partial charge >= 0.3 is 0 Å². The summed E-state index contributed by atoms with van der Waals surface area (Å²) in [7, 11) is -2.89. The van der Waals surface area contributed by atoms with Crippen LogP contribution in [-0.4, -0.2) is 14.2 Å². The molecule has 0 saturated heterocycles. The van der Waals surface area contributed by atoms with Gasteiger partial charge in [-0.25, -0.2) is 8.42 Å².